The molecule has 0 spiro atoms. The molecule has 0 aliphatic carbocycles. The van der Waals surface area contributed by atoms with E-state index in [-0.39, 0.29) is 12.5 Å². The van der Waals surface area contributed by atoms with E-state index < -0.39 is 0 Å². The van der Waals surface area contributed by atoms with Crippen molar-refractivity contribution in [2.24, 2.45) is 5.10 Å². The second-order valence-electron chi connectivity index (χ2n) is 5.78. The van der Waals surface area contributed by atoms with Crippen molar-refractivity contribution in [2.45, 2.75) is 6.92 Å². The third-order valence-corrected chi connectivity index (χ3v) is 4.84. The molecule has 27 heavy (non-hydrogen) atoms. The summed E-state index contributed by atoms with van der Waals surface area (Å²) in [5.41, 5.74) is 5.53. The van der Waals surface area contributed by atoms with Crippen LogP contribution in [-0.4, -0.2) is 23.3 Å². The molecule has 1 amide bonds. The van der Waals surface area contributed by atoms with Crippen molar-refractivity contribution < 1.29 is 9.53 Å². The number of carbonyl (C=O) groups excluding carboxylic acids is 1. The number of carbonyl (C=O) groups is 1. The number of halogens is 2. The van der Waals surface area contributed by atoms with Gasteiger partial charge in [0.05, 0.1) is 10.7 Å². The molecule has 0 saturated heterocycles. The number of benzene rings is 2. The number of hydrazone groups is 1. The van der Waals surface area contributed by atoms with E-state index in [1.807, 2.05) is 61.7 Å². The minimum atomic E-state index is -0.333. The molecule has 1 heterocycles. The fraction of sp³-hybridized carbons (Fsp3) is 0.100. The first-order valence-corrected chi connectivity index (χ1v) is 9.76. The maximum absolute atomic E-state index is 11.9. The van der Waals surface area contributed by atoms with E-state index >= 15 is 0 Å². The van der Waals surface area contributed by atoms with Crippen LogP contribution in [0.3, 0.4) is 0 Å². The van der Waals surface area contributed by atoms with Gasteiger partial charge in [-0.15, -0.1) is 0 Å². The van der Waals surface area contributed by atoms with Crippen molar-refractivity contribution in [1.29, 1.82) is 0 Å². The molecule has 1 N–H and O–H groups in total. The number of hydrogen-bond acceptors (Lipinski definition) is 3. The van der Waals surface area contributed by atoms with Gasteiger partial charge in [-0.1, -0.05) is 34.1 Å². The molecular weight excluding hydrogens is 474 g/mol. The van der Waals surface area contributed by atoms with Crippen molar-refractivity contribution >= 4 is 44.0 Å². The Morgan fingerprint density at radius 2 is 1.96 bits per heavy atom. The Hall–Kier alpha value is -2.38. The molecule has 138 valence electrons. The molecule has 7 heteroatoms. The lowest BCUT2D eigenvalue weighted by Crippen LogP contribution is -2.24. The van der Waals surface area contributed by atoms with Crippen LogP contribution in [0.1, 0.15) is 11.3 Å². The fourth-order valence-electron chi connectivity index (χ4n) is 2.48. The molecule has 3 rings (SSSR count). The number of ether oxygens (including phenoxy) is 1. The lowest BCUT2D eigenvalue weighted by Gasteiger charge is -2.07. The zero-order valence-corrected chi connectivity index (χ0v) is 17.7. The van der Waals surface area contributed by atoms with Crippen molar-refractivity contribution in [1.82, 2.24) is 9.99 Å². The smallest absolute Gasteiger partial charge is 0.277 e. The van der Waals surface area contributed by atoms with Crippen LogP contribution in [0.5, 0.6) is 5.75 Å². The average molecular weight is 491 g/mol. The zero-order chi connectivity index (χ0) is 19.2. The number of aromatic nitrogens is 1. The molecule has 0 radical (unpaired) electrons. The molecule has 1 aromatic heterocycles. The number of hydrogen-bond donors (Lipinski definition) is 1. The van der Waals surface area contributed by atoms with E-state index in [0.29, 0.717) is 5.75 Å². The second kappa shape index (κ2) is 9.01. The van der Waals surface area contributed by atoms with Crippen LogP contribution in [0.15, 0.2) is 74.8 Å². The average Bonchev–Trinajstić information content (AvgIpc) is 3.02. The number of nitrogens with one attached hydrogen (secondary N) is 1. The number of para-hydroxylation sites is 1. The summed E-state index contributed by atoms with van der Waals surface area (Å²) in [7, 11) is 0. The predicted molar refractivity (Wildman–Crippen MR) is 114 cm³/mol. The van der Waals surface area contributed by atoms with E-state index in [1.165, 1.54) is 0 Å². The van der Waals surface area contributed by atoms with Crippen molar-refractivity contribution in [3.63, 3.8) is 0 Å². The summed E-state index contributed by atoms with van der Waals surface area (Å²) in [4.78, 5) is 11.9. The molecule has 0 aliphatic heterocycles. The minimum Gasteiger partial charge on any atom is -0.483 e. The monoisotopic (exact) mass is 489 g/mol. The molecular formula is C20H17Br2N3O2. The summed E-state index contributed by atoms with van der Waals surface area (Å²) in [6.45, 7) is 1.90. The lowest BCUT2D eigenvalue weighted by molar-refractivity contribution is -0.123. The summed E-state index contributed by atoms with van der Waals surface area (Å²) < 4.78 is 9.24. The van der Waals surface area contributed by atoms with Gasteiger partial charge in [0.25, 0.3) is 5.91 Å². The highest BCUT2D eigenvalue weighted by molar-refractivity contribution is 9.11. The van der Waals surface area contributed by atoms with Gasteiger partial charge in [-0.2, -0.15) is 5.10 Å². The number of amides is 1. The summed E-state index contributed by atoms with van der Waals surface area (Å²) in [5.74, 6) is 0.258. The lowest BCUT2D eigenvalue weighted by atomic mass is 10.3. The van der Waals surface area contributed by atoms with Gasteiger partial charge in [-0.3, -0.25) is 4.79 Å². The van der Waals surface area contributed by atoms with Gasteiger partial charge in [0.15, 0.2) is 6.61 Å². The molecule has 0 unspecified atom stereocenters. The number of nitrogens with zero attached hydrogens (tertiary/aromatic N) is 2. The molecule has 0 bridgehead atoms. The fourth-order valence-corrected chi connectivity index (χ4v) is 3.64. The maximum atomic E-state index is 11.9. The zero-order valence-electron chi connectivity index (χ0n) is 14.5. The summed E-state index contributed by atoms with van der Waals surface area (Å²) in [6, 6.07) is 17.5. The molecule has 0 aliphatic rings. The summed E-state index contributed by atoms with van der Waals surface area (Å²) in [6.07, 6.45) is 3.58. The van der Waals surface area contributed by atoms with E-state index in [9.17, 15) is 4.79 Å². The van der Waals surface area contributed by atoms with Crippen LogP contribution < -0.4 is 10.2 Å². The highest BCUT2D eigenvalue weighted by Crippen LogP contribution is 2.28. The molecule has 2 aromatic carbocycles. The predicted octanol–water partition coefficient (Wildman–Crippen LogP) is 4.84. The minimum absolute atomic E-state index is 0.123. The Morgan fingerprint density at radius 3 is 2.70 bits per heavy atom. The first-order valence-electron chi connectivity index (χ1n) is 8.17. The Balaban J connectivity index is 1.55. The highest BCUT2D eigenvalue weighted by Gasteiger charge is 2.06. The Morgan fingerprint density at radius 1 is 1.19 bits per heavy atom. The van der Waals surface area contributed by atoms with E-state index in [0.717, 1.165) is 25.9 Å². The molecule has 0 atom stereocenters. The third-order valence-electron chi connectivity index (χ3n) is 3.72. The van der Waals surface area contributed by atoms with Gasteiger partial charge < -0.3 is 9.30 Å². The Bertz CT molecular complexity index is 969. The van der Waals surface area contributed by atoms with Crippen LogP contribution in [0, 0.1) is 6.92 Å². The largest absolute Gasteiger partial charge is 0.483 e. The maximum Gasteiger partial charge on any atom is 0.277 e. The van der Waals surface area contributed by atoms with Crippen molar-refractivity contribution in [3.8, 4) is 11.4 Å². The van der Waals surface area contributed by atoms with Gasteiger partial charge in [0.1, 0.15) is 5.75 Å². The van der Waals surface area contributed by atoms with Gasteiger partial charge in [0, 0.05) is 27.6 Å². The number of aryl methyl sites for hydroxylation is 1. The highest BCUT2D eigenvalue weighted by atomic mass is 79.9. The number of rotatable bonds is 6. The molecule has 0 fully saturated rings. The Kier molecular flexibility index (Phi) is 6.47. The van der Waals surface area contributed by atoms with Gasteiger partial charge in [-0.25, -0.2) is 5.43 Å². The standard InChI is InChI=1S/C20H17Br2N3O2/c1-14-9-15(12-25(14)17-5-3-2-4-6-17)11-23-24-20(26)13-27-19-8-7-16(21)10-18(19)22/h2-12H,13H2,1H3,(H,24,26)/b23-11+. The van der Waals surface area contributed by atoms with Crippen LogP contribution in [-0.2, 0) is 4.79 Å². The van der Waals surface area contributed by atoms with Crippen molar-refractivity contribution in [3.05, 3.63) is 81.0 Å². The summed E-state index contributed by atoms with van der Waals surface area (Å²) in [5, 5.41) is 4.00. The van der Waals surface area contributed by atoms with Gasteiger partial charge >= 0.3 is 0 Å². The van der Waals surface area contributed by atoms with Crippen LogP contribution >= 0.6 is 31.9 Å². The van der Waals surface area contributed by atoms with Crippen LogP contribution in [0.4, 0.5) is 0 Å². The normalized spacial score (nSPS) is 10.9. The molecule has 3 aromatic rings. The summed E-state index contributed by atoms with van der Waals surface area (Å²) >= 11 is 6.76. The van der Waals surface area contributed by atoms with Crippen molar-refractivity contribution in [2.75, 3.05) is 6.61 Å². The van der Waals surface area contributed by atoms with Gasteiger partial charge in [-0.05, 0) is 59.3 Å². The van der Waals surface area contributed by atoms with E-state index in [1.54, 1.807) is 12.3 Å². The second-order valence-corrected chi connectivity index (χ2v) is 7.55. The first-order chi connectivity index (χ1) is 13.0. The Labute approximate surface area is 174 Å². The molecule has 0 saturated carbocycles. The van der Waals surface area contributed by atoms with Gasteiger partial charge in [0.2, 0.25) is 0 Å². The quantitative estimate of drug-likeness (QED) is 0.397. The van der Waals surface area contributed by atoms with Crippen LogP contribution in [0.25, 0.3) is 5.69 Å². The molecule has 5 nitrogen and oxygen atoms in total. The van der Waals surface area contributed by atoms with Crippen LogP contribution in [0.2, 0.25) is 0 Å². The SMILES string of the molecule is Cc1cc(/C=N/NC(=O)COc2ccc(Br)cc2Br)cn1-c1ccccc1. The third kappa shape index (κ3) is 5.30. The van der Waals surface area contributed by atoms with E-state index in [2.05, 4.69) is 47.0 Å². The van der Waals surface area contributed by atoms with E-state index in [4.69, 9.17) is 4.74 Å². The first kappa shape index (κ1) is 19.4. The topological polar surface area (TPSA) is 55.6 Å².